The molecule has 0 aliphatic carbocycles. The van der Waals surface area contributed by atoms with E-state index in [1.54, 1.807) is 33.3 Å². The fourth-order valence-corrected chi connectivity index (χ4v) is 3.92. The van der Waals surface area contributed by atoms with Gasteiger partial charge in [-0.2, -0.15) is 0 Å². The van der Waals surface area contributed by atoms with Crippen molar-refractivity contribution in [1.29, 1.82) is 0 Å². The molecule has 0 fully saturated rings. The van der Waals surface area contributed by atoms with Crippen LogP contribution < -0.4 is 0 Å². The number of carbonyl (C=O) groups is 1. The summed E-state index contributed by atoms with van der Waals surface area (Å²) < 4.78 is 33.3. The molecule has 0 bridgehead atoms. The topological polar surface area (TPSA) is 80.8 Å². The third kappa shape index (κ3) is 5.39. The van der Waals surface area contributed by atoms with Gasteiger partial charge in [0.1, 0.15) is 23.6 Å². The standard InChI is InChI=1S/C25H24F2N4O2/c1-25(2,3)33-22(32)10-16(7-15-8-17(26)11-18(27)9-15)23-20(12-28-13-30-23)19-5-4-6-21-24(19)31-14-29-21/h4-6,8-9,11-14,16H,7,10H2,1-3H3,(H,29,31). The molecule has 2 aromatic carbocycles. The van der Waals surface area contributed by atoms with Gasteiger partial charge in [0.05, 0.1) is 29.5 Å². The van der Waals surface area contributed by atoms with E-state index in [-0.39, 0.29) is 12.8 Å². The Hall–Kier alpha value is -3.68. The van der Waals surface area contributed by atoms with E-state index in [0.717, 1.165) is 22.7 Å². The van der Waals surface area contributed by atoms with Crippen molar-refractivity contribution < 1.29 is 18.3 Å². The van der Waals surface area contributed by atoms with Crippen LogP contribution in [0.1, 0.15) is 44.4 Å². The zero-order chi connectivity index (χ0) is 23.6. The number of fused-ring (bicyclic) bond motifs is 1. The highest BCUT2D eigenvalue weighted by Crippen LogP contribution is 2.35. The van der Waals surface area contributed by atoms with Gasteiger partial charge < -0.3 is 9.72 Å². The number of nitrogens with one attached hydrogen (secondary N) is 1. The molecule has 0 aliphatic heterocycles. The zero-order valence-corrected chi connectivity index (χ0v) is 18.6. The summed E-state index contributed by atoms with van der Waals surface area (Å²) in [6.07, 6.45) is 4.84. The molecule has 1 unspecified atom stereocenters. The lowest BCUT2D eigenvalue weighted by Crippen LogP contribution is -2.25. The molecule has 0 saturated heterocycles. The van der Waals surface area contributed by atoms with Gasteiger partial charge in [-0.3, -0.25) is 4.79 Å². The number of para-hydroxylation sites is 1. The Labute approximate surface area is 190 Å². The number of H-pyrrole nitrogens is 1. The van der Waals surface area contributed by atoms with Crippen molar-refractivity contribution in [3.63, 3.8) is 0 Å². The fourth-order valence-electron chi connectivity index (χ4n) is 3.92. The second-order valence-electron chi connectivity index (χ2n) is 8.90. The van der Waals surface area contributed by atoms with Gasteiger partial charge in [-0.25, -0.2) is 23.7 Å². The number of benzene rings is 2. The molecule has 6 nitrogen and oxygen atoms in total. The van der Waals surface area contributed by atoms with Gasteiger partial charge in [0.2, 0.25) is 0 Å². The third-order valence-corrected chi connectivity index (χ3v) is 5.11. The lowest BCUT2D eigenvalue weighted by atomic mass is 9.88. The van der Waals surface area contributed by atoms with E-state index < -0.39 is 29.1 Å². The third-order valence-electron chi connectivity index (χ3n) is 5.11. The van der Waals surface area contributed by atoms with Gasteiger partial charge in [0.15, 0.2) is 0 Å². The largest absolute Gasteiger partial charge is 0.460 e. The molecule has 33 heavy (non-hydrogen) atoms. The van der Waals surface area contributed by atoms with Gasteiger partial charge in [-0.15, -0.1) is 0 Å². The average molecular weight is 450 g/mol. The first-order valence-electron chi connectivity index (χ1n) is 10.6. The molecule has 0 amide bonds. The van der Waals surface area contributed by atoms with Crippen LogP contribution in [0.15, 0.2) is 55.2 Å². The van der Waals surface area contributed by atoms with Crippen LogP contribution in [0.3, 0.4) is 0 Å². The number of ether oxygens (including phenoxy) is 1. The van der Waals surface area contributed by atoms with Crippen molar-refractivity contribution in [3.8, 4) is 11.1 Å². The number of nitrogens with zero attached hydrogens (tertiary/aromatic N) is 3. The molecule has 4 rings (SSSR count). The first kappa shape index (κ1) is 22.5. The fraction of sp³-hybridized carbons (Fsp3) is 0.280. The Bertz CT molecular complexity index is 1280. The van der Waals surface area contributed by atoms with E-state index in [2.05, 4.69) is 19.9 Å². The summed E-state index contributed by atoms with van der Waals surface area (Å²) in [5.74, 6) is -2.28. The Balaban J connectivity index is 1.78. The molecule has 170 valence electrons. The number of rotatable bonds is 6. The predicted molar refractivity (Wildman–Crippen MR) is 120 cm³/mol. The molecule has 0 aliphatic rings. The van der Waals surface area contributed by atoms with Gasteiger partial charge >= 0.3 is 5.97 Å². The first-order valence-corrected chi connectivity index (χ1v) is 10.6. The molecule has 0 radical (unpaired) electrons. The smallest absolute Gasteiger partial charge is 0.306 e. The maximum absolute atomic E-state index is 13.9. The minimum absolute atomic E-state index is 0.0179. The van der Waals surface area contributed by atoms with E-state index in [1.807, 2.05) is 18.2 Å². The highest BCUT2D eigenvalue weighted by Gasteiger charge is 2.26. The molecular formula is C25H24F2N4O2. The number of hydrogen-bond donors (Lipinski definition) is 1. The van der Waals surface area contributed by atoms with E-state index in [9.17, 15) is 13.6 Å². The molecule has 0 saturated carbocycles. The minimum atomic E-state index is -0.676. The van der Waals surface area contributed by atoms with E-state index in [1.165, 1.54) is 18.5 Å². The predicted octanol–water partition coefficient (Wildman–Crippen LogP) is 5.36. The monoisotopic (exact) mass is 450 g/mol. The Morgan fingerprint density at radius 1 is 1.09 bits per heavy atom. The van der Waals surface area contributed by atoms with Crippen molar-refractivity contribution in [1.82, 2.24) is 19.9 Å². The quantitative estimate of drug-likeness (QED) is 0.400. The Morgan fingerprint density at radius 3 is 2.58 bits per heavy atom. The van der Waals surface area contributed by atoms with Gasteiger partial charge in [-0.1, -0.05) is 12.1 Å². The van der Waals surface area contributed by atoms with Gasteiger partial charge in [-0.05, 0) is 51.0 Å². The van der Waals surface area contributed by atoms with E-state index in [0.29, 0.717) is 16.8 Å². The highest BCUT2D eigenvalue weighted by molar-refractivity contribution is 5.92. The summed E-state index contributed by atoms with van der Waals surface area (Å²) in [5.41, 5.74) is 3.41. The van der Waals surface area contributed by atoms with Crippen LogP contribution in [-0.4, -0.2) is 31.5 Å². The summed E-state index contributed by atoms with van der Waals surface area (Å²) >= 11 is 0. The summed E-state index contributed by atoms with van der Waals surface area (Å²) in [6, 6.07) is 9.04. The maximum Gasteiger partial charge on any atom is 0.306 e. The van der Waals surface area contributed by atoms with E-state index in [4.69, 9.17) is 4.74 Å². The number of aromatic amines is 1. The molecular weight excluding hydrogens is 426 g/mol. The molecule has 2 heterocycles. The van der Waals surface area contributed by atoms with Crippen LogP contribution in [0.4, 0.5) is 8.78 Å². The lowest BCUT2D eigenvalue weighted by Gasteiger charge is -2.23. The Morgan fingerprint density at radius 2 is 1.85 bits per heavy atom. The number of aromatic nitrogens is 4. The van der Waals surface area contributed by atoms with E-state index >= 15 is 0 Å². The minimum Gasteiger partial charge on any atom is -0.460 e. The van der Waals surface area contributed by atoms with Crippen molar-refractivity contribution in [2.45, 2.75) is 45.1 Å². The summed E-state index contributed by atoms with van der Waals surface area (Å²) in [6.45, 7) is 5.36. The summed E-state index contributed by atoms with van der Waals surface area (Å²) in [4.78, 5) is 28.9. The van der Waals surface area contributed by atoms with Crippen molar-refractivity contribution in [3.05, 3.63) is 78.1 Å². The number of esters is 1. The van der Waals surface area contributed by atoms with Crippen molar-refractivity contribution >= 4 is 17.0 Å². The van der Waals surface area contributed by atoms with Crippen LogP contribution >= 0.6 is 0 Å². The zero-order valence-electron chi connectivity index (χ0n) is 18.6. The van der Waals surface area contributed by atoms with Crippen LogP contribution in [0, 0.1) is 11.6 Å². The molecule has 2 aromatic heterocycles. The molecule has 0 spiro atoms. The molecule has 1 N–H and O–H groups in total. The average Bonchev–Trinajstić information content (AvgIpc) is 3.20. The number of carbonyl (C=O) groups excluding carboxylic acids is 1. The second kappa shape index (κ2) is 9.05. The summed E-state index contributed by atoms with van der Waals surface area (Å²) in [5, 5.41) is 0. The van der Waals surface area contributed by atoms with Gasteiger partial charge in [0.25, 0.3) is 0 Å². The van der Waals surface area contributed by atoms with Crippen LogP contribution in [0.5, 0.6) is 0 Å². The molecule has 1 atom stereocenters. The van der Waals surface area contributed by atoms with Crippen LogP contribution in [-0.2, 0) is 16.0 Å². The van der Waals surface area contributed by atoms with Crippen molar-refractivity contribution in [2.75, 3.05) is 0 Å². The summed E-state index contributed by atoms with van der Waals surface area (Å²) in [7, 11) is 0. The number of halogens is 2. The number of hydrogen-bond acceptors (Lipinski definition) is 5. The van der Waals surface area contributed by atoms with Crippen LogP contribution in [0.25, 0.3) is 22.2 Å². The maximum atomic E-state index is 13.9. The first-order chi connectivity index (χ1) is 15.7. The highest BCUT2D eigenvalue weighted by atomic mass is 19.1. The normalized spacial score (nSPS) is 12.6. The molecule has 8 heteroatoms. The van der Waals surface area contributed by atoms with Crippen molar-refractivity contribution in [2.24, 2.45) is 0 Å². The lowest BCUT2D eigenvalue weighted by molar-refractivity contribution is -0.155. The number of imidazole rings is 1. The van der Waals surface area contributed by atoms with Gasteiger partial charge in [0, 0.05) is 29.3 Å². The van der Waals surface area contributed by atoms with Crippen LogP contribution in [0.2, 0.25) is 0 Å². The Kier molecular flexibility index (Phi) is 6.18. The second-order valence-corrected chi connectivity index (χ2v) is 8.90. The molecule has 4 aromatic rings. The SMILES string of the molecule is CC(C)(C)OC(=O)CC(Cc1cc(F)cc(F)c1)c1ncncc1-c1cccc2[nH]cnc12.